The fourth-order valence-corrected chi connectivity index (χ4v) is 3.36. The summed E-state index contributed by atoms with van der Waals surface area (Å²) in [5.41, 5.74) is 1.44. The molecule has 0 aromatic heterocycles. The second-order valence-electron chi connectivity index (χ2n) is 5.83. The lowest BCUT2D eigenvalue weighted by molar-refractivity contribution is 0.148. The highest BCUT2D eigenvalue weighted by molar-refractivity contribution is 9.10. The molecule has 1 aromatic rings. The molecule has 2 aliphatic rings. The van der Waals surface area contributed by atoms with E-state index in [1.54, 1.807) is 0 Å². The van der Waals surface area contributed by atoms with E-state index in [1.807, 2.05) is 0 Å². The highest BCUT2D eigenvalue weighted by Gasteiger charge is 2.26. The number of fused-ring (bicyclic) bond motifs is 1. The van der Waals surface area contributed by atoms with Crippen LogP contribution >= 0.6 is 15.9 Å². The van der Waals surface area contributed by atoms with Crippen molar-refractivity contribution in [1.29, 1.82) is 0 Å². The third-order valence-corrected chi connectivity index (χ3v) is 4.13. The maximum Gasteiger partial charge on any atom is 0.231 e. The summed E-state index contributed by atoms with van der Waals surface area (Å²) in [6, 6.07) is 4.21. The molecule has 1 fully saturated rings. The van der Waals surface area contributed by atoms with Gasteiger partial charge in [0.1, 0.15) is 0 Å². The van der Waals surface area contributed by atoms with Gasteiger partial charge in [-0.1, -0.05) is 0 Å². The van der Waals surface area contributed by atoms with Gasteiger partial charge >= 0.3 is 0 Å². The number of nitrogens with zero attached hydrogens (tertiary/aromatic N) is 1. The Bertz CT molecular complexity index is 491. The number of hydrogen-bond acceptors (Lipinski definition) is 4. The smallest absolute Gasteiger partial charge is 0.231 e. The van der Waals surface area contributed by atoms with Crippen molar-refractivity contribution in [3.63, 3.8) is 0 Å². The Morgan fingerprint density at radius 1 is 1.37 bits per heavy atom. The van der Waals surface area contributed by atoms with E-state index in [1.165, 1.54) is 5.56 Å². The van der Waals surface area contributed by atoms with Gasteiger partial charge in [-0.25, -0.2) is 0 Å². The molecule has 5 heteroatoms. The average molecular weight is 327 g/mol. The highest BCUT2D eigenvalue weighted by Crippen LogP contribution is 2.40. The zero-order valence-corrected chi connectivity index (χ0v) is 12.9. The maximum atomic E-state index is 5.47. The van der Waals surface area contributed by atoms with Crippen molar-refractivity contribution in [3.8, 4) is 11.5 Å². The molecule has 0 amide bonds. The van der Waals surface area contributed by atoms with E-state index >= 15 is 0 Å². The fourth-order valence-electron chi connectivity index (χ4n) is 2.75. The van der Waals surface area contributed by atoms with Crippen LogP contribution in [0.5, 0.6) is 11.5 Å². The molecule has 104 valence electrons. The summed E-state index contributed by atoms with van der Waals surface area (Å²) in [7, 11) is 0. The first-order valence-corrected chi connectivity index (χ1v) is 7.38. The lowest BCUT2D eigenvalue weighted by Gasteiger charge is -2.39. The van der Waals surface area contributed by atoms with Gasteiger partial charge in [0.25, 0.3) is 0 Å². The number of hydrogen-bond donors (Lipinski definition) is 1. The second-order valence-corrected chi connectivity index (χ2v) is 6.69. The predicted molar refractivity (Wildman–Crippen MR) is 77.6 cm³/mol. The van der Waals surface area contributed by atoms with Gasteiger partial charge < -0.3 is 14.8 Å². The van der Waals surface area contributed by atoms with Crippen molar-refractivity contribution in [3.05, 3.63) is 22.2 Å². The minimum Gasteiger partial charge on any atom is -0.454 e. The van der Waals surface area contributed by atoms with Gasteiger partial charge in [0.05, 0.1) is 4.47 Å². The minimum absolute atomic E-state index is 0.186. The van der Waals surface area contributed by atoms with Crippen LogP contribution in [0.4, 0.5) is 0 Å². The monoisotopic (exact) mass is 326 g/mol. The van der Waals surface area contributed by atoms with Crippen LogP contribution in [-0.2, 0) is 6.54 Å². The first-order chi connectivity index (χ1) is 9.03. The van der Waals surface area contributed by atoms with Crippen molar-refractivity contribution in [2.45, 2.75) is 25.9 Å². The van der Waals surface area contributed by atoms with Gasteiger partial charge in [-0.3, -0.25) is 4.90 Å². The Morgan fingerprint density at radius 2 is 2.21 bits per heavy atom. The number of halogens is 1. The van der Waals surface area contributed by atoms with Gasteiger partial charge in [-0.2, -0.15) is 0 Å². The summed E-state index contributed by atoms with van der Waals surface area (Å²) in [5, 5.41) is 3.53. The molecule has 3 rings (SSSR count). The zero-order chi connectivity index (χ0) is 13.5. The molecule has 1 N–H and O–H groups in total. The van der Waals surface area contributed by atoms with E-state index in [2.05, 4.69) is 52.1 Å². The van der Waals surface area contributed by atoms with Gasteiger partial charge in [-0.05, 0) is 47.5 Å². The van der Waals surface area contributed by atoms with Crippen LogP contribution in [0.3, 0.4) is 0 Å². The standard InChI is InChI=1S/C14H19BrN2O2/c1-14(2)8-17(4-3-16-14)7-10-5-11(15)13-12(6-10)18-9-19-13/h5-6,16H,3-4,7-9H2,1-2H3. The Kier molecular flexibility index (Phi) is 3.45. The van der Waals surface area contributed by atoms with Crippen LogP contribution in [0.2, 0.25) is 0 Å². The van der Waals surface area contributed by atoms with Crippen LogP contribution in [0.25, 0.3) is 0 Å². The van der Waals surface area contributed by atoms with Crippen molar-refractivity contribution in [1.82, 2.24) is 10.2 Å². The molecule has 1 saturated heterocycles. The molecule has 0 bridgehead atoms. The molecule has 0 saturated carbocycles. The first kappa shape index (κ1) is 13.2. The van der Waals surface area contributed by atoms with Gasteiger partial charge in [-0.15, -0.1) is 0 Å². The SMILES string of the molecule is CC1(C)CN(Cc2cc(Br)c3c(c2)OCO3)CCN1. The van der Waals surface area contributed by atoms with Gasteiger partial charge in [0.15, 0.2) is 11.5 Å². The molecular weight excluding hydrogens is 308 g/mol. The molecular formula is C14H19BrN2O2. The van der Waals surface area contributed by atoms with Crippen molar-refractivity contribution in [2.24, 2.45) is 0 Å². The second kappa shape index (κ2) is 4.96. The van der Waals surface area contributed by atoms with Crippen molar-refractivity contribution >= 4 is 15.9 Å². The number of ether oxygens (including phenoxy) is 2. The number of rotatable bonds is 2. The molecule has 1 aromatic carbocycles. The lowest BCUT2D eigenvalue weighted by atomic mass is 10.0. The summed E-state index contributed by atoms with van der Waals surface area (Å²) in [5.74, 6) is 1.67. The Labute approximate surface area is 122 Å². The van der Waals surface area contributed by atoms with Gasteiger partial charge in [0, 0.05) is 31.7 Å². The third-order valence-electron chi connectivity index (χ3n) is 3.54. The van der Waals surface area contributed by atoms with Crippen LogP contribution < -0.4 is 14.8 Å². The van der Waals surface area contributed by atoms with Gasteiger partial charge in [0.2, 0.25) is 6.79 Å². The van der Waals surface area contributed by atoms with Crippen LogP contribution in [0.15, 0.2) is 16.6 Å². The molecule has 0 unspecified atom stereocenters. The summed E-state index contributed by atoms with van der Waals surface area (Å²) in [6.07, 6.45) is 0. The maximum absolute atomic E-state index is 5.47. The summed E-state index contributed by atoms with van der Waals surface area (Å²) >= 11 is 3.55. The van der Waals surface area contributed by atoms with Crippen molar-refractivity contribution in [2.75, 3.05) is 26.4 Å². The highest BCUT2D eigenvalue weighted by atomic mass is 79.9. The molecule has 0 atom stereocenters. The lowest BCUT2D eigenvalue weighted by Crippen LogP contribution is -2.56. The molecule has 19 heavy (non-hydrogen) atoms. The number of piperazine rings is 1. The topological polar surface area (TPSA) is 33.7 Å². The predicted octanol–water partition coefficient (Wildman–Crippen LogP) is 2.36. The van der Waals surface area contributed by atoms with E-state index in [-0.39, 0.29) is 5.54 Å². The van der Waals surface area contributed by atoms with E-state index in [0.717, 1.165) is 42.2 Å². The third kappa shape index (κ3) is 2.88. The largest absolute Gasteiger partial charge is 0.454 e. The molecule has 2 aliphatic heterocycles. The Balaban J connectivity index is 1.75. The number of nitrogens with one attached hydrogen (secondary N) is 1. The molecule has 0 aliphatic carbocycles. The Hall–Kier alpha value is -0.780. The van der Waals surface area contributed by atoms with E-state index < -0.39 is 0 Å². The summed E-state index contributed by atoms with van der Waals surface area (Å²) in [6.45, 7) is 8.93. The summed E-state index contributed by atoms with van der Waals surface area (Å²) < 4.78 is 11.9. The van der Waals surface area contributed by atoms with Crippen LogP contribution in [0.1, 0.15) is 19.4 Å². The normalized spacial score (nSPS) is 21.6. The van der Waals surface area contributed by atoms with Crippen LogP contribution in [0, 0.1) is 0 Å². The summed E-state index contributed by atoms with van der Waals surface area (Å²) in [4.78, 5) is 2.47. The Morgan fingerprint density at radius 3 is 3.00 bits per heavy atom. The minimum atomic E-state index is 0.186. The molecule has 0 radical (unpaired) electrons. The molecule has 2 heterocycles. The zero-order valence-electron chi connectivity index (χ0n) is 11.3. The average Bonchev–Trinajstić information content (AvgIpc) is 2.76. The fraction of sp³-hybridized carbons (Fsp3) is 0.571. The quantitative estimate of drug-likeness (QED) is 0.904. The molecule has 4 nitrogen and oxygen atoms in total. The van der Waals surface area contributed by atoms with Crippen molar-refractivity contribution < 1.29 is 9.47 Å². The number of benzene rings is 1. The van der Waals surface area contributed by atoms with E-state index in [4.69, 9.17) is 9.47 Å². The molecule has 0 spiro atoms. The first-order valence-electron chi connectivity index (χ1n) is 6.59. The van der Waals surface area contributed by atoms with E-state index in [0.29, 0.717) is 6.79 Å². The van der Waals surface area contributed by atoms with Crippen LogP contribution in [-0.4, -0.2) is 36.9 Å². The van der Waals surface area contributed by atoms with E-state index in [9.17, 15) is 0 Å².